The number of nitrogen functional groups attached to an aromatic ring is 3. The van der Waals surface area contributed by atoms with Gasteiger partial charge >= 0.3 is 17.1 Å². The molecule has 2 aliphatic rings. The topological polar surface area (TPSA) is 253 Å². The Morgan fingerprint density at radius 3 is 2.66 bits per heavy atom. The number of aromatic nitrogens is 3. The number of carboxylic acids is 2. The van der Waals surface area contributed by atoms with Crippen LogP contribution in [-0.2, 0) is 30.6 Å². The lowest BCUT2D eigenvalue weighted by Crippen LogP contribution is -2.71. The highest BCUT2D eigenvalue weighted by atomic mass is 32.2. The minimum absolute atomic E-state index is 0.0214. The number of nitrogens with one attached hydrogen (secondary N) is 1. The fourth-order valence-electron chi connectivity index (χ4n) is 3.90. The Morgan fingerprint density at radius 1 is 1.32 bits per heavy atom. The summed E-state index contributed by atoms with van der Waals surface area (Å²) in [5, 5.41) is 26.6. The minimum atomic E-state index is -1.37. The van der Waals surface area contributed by atoms with Crippen molar-refractivity contribution in [3.63, 3.8) is 0 Å². The van der Waals surface area contributed by atoms with Crippen LogP contribution in [0.25, 0.3) is 0 Å². The predicted molar refractivity (Wildman–Crippen MR) is 151 cm³/mol. The normalized spacial score (nSPS) is 19.3. The number of fused-ring (bicyclic) bond motifs is 1. The quantitative estimate of drug-likeness (QED) is 0.0452. The lowest BCUT2D eigenvalue weighted by molar-refractivity contribution is -0.719. The number of rotatable bonds is 11. The van der Waals surface area contributed by atoms with Gasteiger partial charge in [0.05, 0.1) is 12.6 Å². The Labute approximate surface area is 245 Å². The van der Waals surface area contributed by atoms with Crippen LogP contribution in [0.4, 0.5) is 16.8 Å². The van der Waals surface area contributed by atoms with Gasteiger partial charge in [0, 0.05) is 16.9 Å². The first-order valence-corrected chi connectivity index (χ1v) is 14.8. The summed E-state index contributed by atoms with van der Waals surface area (Å²) in [5.74, 6) is -3.00. The monoisotopic (exact) mass is 624 g/mol. The molecular formula is C22H26N9O7S3+. The summed E-state index contributed by atoms with van der Waals surface area (Å²) in [4.78, 5) is 64.0. The van der Waals surface area contributed by atoms with Crippen molar-refractivity contribution < 1.29 is 38.8 Å². The van der Waals surface area contributed by atoms with Crippen LogP contribution in [0.3, 0.4) is 0 Å². The summed E-state index contributed by atoms with van der Waals surface area (Å²) in [6.45, 7) is 3.62. The zero-order chi connectivity index (χ0) is 30.0. The van der Waals surface area contributed by atoms with Gasteiger partial charge < -0.3 is 37.6 Å². The van der Waals surface area contributed by atoms with Crippen molar-refractivity contribution in [3.8, 4) is 0 Å². The van der Waals surface area contributed by atoms with Crippen molar-refractivity contribution in [2.24, 2.45) is 5.16 Å². The summed E-state index contributed by atoms with van der Waals surface area (Å²) in [6.07, 6.45) is -1.37. The fourth-order valence-corrected chi connectivity index (χ4v) is 7.03. The predicted octanol–water partition coefficient (Wildman–Crippen LogP) is -0.683. The number of carbonyl (C=O) groups excluding carboxylic acids is 2. The number of hydrogen-bond donors (Lipinski definition) is 6. The molecule has 1 saturated heterocycles. The SMILES string of the molecule is CC[n+]1c(N)cc(N)nc1SCC1=C(C(=O)O)N2C(=O)C(NC(=O)/C(=N\OC(C)C(=O)O)c3csc(N)n3)[C@H]2SC1. The molecule has 0 saturated carbocycles. The second-order valence-electron chi connectivity index (χ2n) is 8.64. The van der Waals surface area contributed by atoms with Crippen LogP contribution in [-0.4, -0.2) is 83.6 Å². The van der Waals surface area contributed by atoms with E-state index in [1.165, 1.54) is 41.9 Å². The highest BCUT2D eigenvalue weighted by Crippen LogP contribution is 2.41. The lowest BCUT2D eigenvalue weighted by Gasteiger charge is -2.49. The Morgan fingerprint density at radius 2 is 2.05 bits per heavy atom. The summed E-state index contributed by atoms with van der Waals surface area (Å²) >= 11 is 3.54. The molecule has 4 heterocycles. The second kappa shape index (κ2) is 12.2. The molecule has 2 amide bonds. The van der Waals surface area contributed by atoms with E-state index in [1.54, 1.807) is 4.57 Å². The van der Waals surface area contributed by atoms with Crippen LogP contribution in [0.15, 0.2) is 33.0 Å². The van der Waals surface area contributed by atoms with Crippen molar-refractivity contribution in [1.29, 1.82) is 0 Å². The van der Waals surface area contributed by atoms with Gasteiger partial charge in [0.1, 0.15) is 22.8 Å². The number of nitrogens with two attached hydrogens (primary N) is 3. The van der Waals surface area contributed by atoms with Crippen LogP contribution in [0, 0.1) is 0 Å². The molecule has 2 unspecified atom stereocenters. The van der Waals surface area contributed by atoms with Crippen molar-refractivity contribution in [3.05, 3.63) is 28.4 Å². The molecule has 19 heteroatoms. The Balaban J connectivity index is 1.52. The third kappa shape index (κ3) is 6.15. The molecule has 0 bridgehead atoms. The molecule has 0 aliphatic carbocycles. The van der Waals surface area contributed by atoms with Crippen molar-refractivity contribution in [1.82, 2.24) is 20.2 Å². The van der Waals surface area contributed by atoms with Gasteiger partial charge in [-0.1, -0.05) is 10.1 Å². The molecule has 0 radical (unpaired) electrons. The van der Waals surface area contributed by atoms with E-state index in [-0.39, 0.29) is 39.6 Å². The highest BCUT2D eigenvalue weighted by Gasteiger charge is 2.54. The van der Waals surface area contributed by atoms with Crippen LogP contribution in [0.2, 0.25) is 0 Å². The second-order valence-corrected chi connectivity index (χ2v) is 11.6. The van der Waals surface area contributed by atoms with E-state index in [9.17, 15) is 24.3 Å². The van der Waals surface area contributed by atoms with Crippen molar-refractivity contribution in [2.45, 2.75) is 43.1 Å². The van der Waals surface area contributed by atoms with Crippen LogP contribution in [0.1, 0.15) is 19.5 Å². The zero-order valence-corrected chi connectivity index (χ0v) is 24.1. The third-order valence-corrected chi connectivity index (χ3v) is 9.00. The number of nitrogens with zero attached hydrogens (tertiary/aromatic N) is 5. The van der Waals surface area contributed by atoms with E-state index in [1.807, 2.05) is 6.92 Å². The van der Waals surface area contributed by atoms with Crippen LogP contribution >= 0.6 is 34.9 Å². The van der Waals surface area contributed by atoms with Gasteiger partial charge in [0.2, 0.25) is 17.7 Å². The molecule has 2 aliphatic heterocycles. The minimum Gasteiger partial charge on any atom is -0.478 e. The fraction of sp³-hybridized carbons (Fsp3) is 0.364. The van der Waals surface area contributed by atoms with E-state index in [2.05, 4.69) is 20.4 Å². The number of carbonyl (C=O) groups is 4. The van der Waals surface area contributed by atoms with Crippen LogP contribution in [0.5, 0.6) is 0 Å². The smallest absolute Gasteiger partial charge is 0.352 e. The molecule has 3 atom stereocenters. The molecule has 16 nitrogen and oxygen atoms in total. The lowest BCUT2D eigenvalue weighted by atomic mass is 10.0. The van der Waals surface area contributed by atoms with Gasteiger partial charge in [0.15, 0.2) is 10.8 Å². The van der Waals surface area contributed by atoms with E-state index in [4.69, 9.17) is 27.1 Å². The molecule has 2 aromatic heterocycles. The van der Waals surface area contributed by atoms with E-state index < -0.39 is 41.3 Å². The maximum atomic E-state index is 13.1. The van der Waals surface area contributed by atoms with Crippen molar-refractivity contribution in [2.75, 3.05) is 28.7 Å². The summed E-state index contributed by atoms with van der Waals surface area (Å²) in [5.41, 5.74) is 17.5. The average Bonchev–Trinajstić information content (AvgIpc) is 3.34. The summed E-state index contributed by atoms with van der Waals surface area (Å²) in [6, 6.07) is 0.453. The first kappa shape index (κ1) is 29.9. The molecular weight excluding hydrogens is 598 g/mol. The number of thiazole rings is 1. The van der Waals surface area contributed by atoms with Gasteiger partial charge in [-0.3, -0.25) is 14.5 Å². The van der Waals surface area contributed by atoms with Crippen LogP contribution < -0.4 is 27.1 Å². The molecule has 218 valence electrons. The maximum absolute atomic E-state index is 13.1. The maximum Gasteiger partial charge on any atom is 0.352 e. The number of carboxylic acid groups (broad SMARTS) is 2. The highest BCUT2D eigenvalue weighted by molar-refractivity contribution is 8.01. The number of oxime groups is 1. The Kier molecular flexibility index (Phi) is 8.88. The van der Waals surface area contributed by atoms with Gasteiger partial charge in [-0.2, -0.15) is 0 Å². The standard InChI is InChI=1S/C22H25N9O7S3/c1-3-30-12(24)4-11(23)27-22(30)41-6-9-5-39-18-14(17(33)31(18)15(9)20(36)37)28-16(32)13(10-7-40-21(25)26-10)29-38-8(2)19(34)35/h4,7-8,14,18H,3,5-6H2,1-2H3,(H8,23,24,25,26,28,32,34,35,36,37)/p+1/b29-13-/t8?,14?,18-/m1/s1. The number of thioether (sulfide) groups is 2. The third-order valence-electron chi connectivity index (χ3n) is 5.92. The first-order valence-electron chi connectivity index (χ1n) is 11.9. The number of aliphatic carboxylic acids is 2. The summed E-state index contributed by atoms with van der Waals surface area (Å²) < 4.78 is 1.73. The number of anilines is 3. The summed E-state index contributed by atoms with van der Waals surface area (Å²) in [7, 11) is 0. The number of amides is 2. The van der Waals surface area contributed by atoms with Gasteiger partial charge in [-0.15, -0.1) is 23.1 Å². The van der Waals surface area contributed by atoms with E-state index in [0.29, 0.717) is 23.1 Å². The molecule has 1 fully saturated rings. The molecule has 4 rings (SSSR count). The van der Waals surface area contributed by atoms with E-state index >= 15 is 0 Å². The molecule has 2 aromatic rings. The Bertz CT molecular complexity index is 1480. The molecule has 0 spiro atoms. The number of hydrogen-bond acceptors (Lipinski definition) is 14. The van der Waals surface area contributed by atoms with Gasteiger partial charge in [0.25, 0.3) is 11.8 Å². The molecule has 9 N–H and O–H groups in total. The largest absolute Gasteiger partial charge is 0.478 e. The molecule has 41 heavy (non-hydrogen) atoms. The van der Waals surface area contributed by atoms with Crippen molar-refractivity contribution >= 4 is 81.1 Å². The first-order chi connectivity index (χ1) is 19.4. The molecule has 0 aromatic carbocycles. The average molecular weight is 625 g/mol. The van der Waals surface area contributed by atoms with Gasteiger partial charge in [-0.25, -0.2) is 19.1 Å². The zero-order valence-electron chi connectivity index (χ0n) is 21.6. The Hall–Kier alpha value is -4.10. The number of β-lactam (4-membered cyclic amide) rings is 1. The van der Waals surface area contributed by atoms with E-state index in [0.717, 1.165) is 16.2 Å². The van der Waals surface area contributed by atoms with Gasteiger partial charge in [-0.05, 0) is 31.2 Å².